The van der Waals surface area contributed by atoms with Crippen molar-refractivity contribution in [3.63, 3.8) is 0 Å². The normalized spacial score (nSPS) is 10.0. The molecule has 2 aromatic rings. The first-order valence-electron chi connectivity index (χ1n) is 7.57. The van der Waals surface area contributed by atoms with Gasteiger partial charge in [0, 0.05) is 18.5 Å². The maximum absolute atomic E-state index is 12.0. The molecule has 2 amide bonds. The van der Waals surface area contributed by atoms with E-state index >= 15 is 0 Å². The van der Waals surface area contributed by atoms with Crippen molar-refractivity contribution in [2.24, 2.45) is 0 Å². The van der Waals surface area contributed by atoms with Crippen LogP contribution in [0.5, 0.6) is 11.5 Å². The summed E-state index contributed by atoms with van der Waals surface area (Å²) in [5.74, 6) is 0.440. The number of benzene rings is 2. The summed E-state index contributed by atoms with van der Waals surface area (Å²) in [5.41, 5.74) is 1.11. The quantitative estimate of drug-likeness (QED) is 0.767. The predicted octanol–water partition coefficient (Wildman–Crippen LogP) is 2.30. The molecule has 0 radical (unpaired) electrons. The van der Waals surface area contributed by atoms with E-state index in [4.69, 9.17) is 14.2 Å². The molecular weight excluding hydrogens is 324 g/mol. The summed E-state index contributed by atoms with van der Waals surface area (Å²) in [5, 5.41) is 5.37. The number of nitrogens with one attached hydrogen (secondary N) is 2. The van der Waals surface area contributed by atoms with E-state index in [9.17, 15) is 9.59 Å². The maximum atomic E-state index is 12.0. The molecule has 0 spiro atoms. The Kier molecular flexibility index (Phi) is 6.79. The van der Waals surface area contributed by atoms with Gasteiger partial charge in [0.2, 0.25) is 5.91 Å². The fourth-order valence-corrected chi connectivity index (χ4v) is 2.08. The van der Waals surface area contributed by atoms with E-state index in [1.165, 1.54) is 14.2 Å². The molecule has 0 unspecified atom stereocenters. The van der Waals surface area contributed by atoms with Crippen molar-refractivity contribution in [2.75, 3.05) is 38.1 Å². The third-order valence-electron chi connectivity index (χ3n) is 3.13. The van der Waals surface area contributed by atoms with Gasteiger partial charge in [0.15, 0.2) is 18.1 Å². The van der Waals surface area contributed by atoms with Gasteiger partial charge in [0.05, 0.1) is 7.11 Å². The van der Waals surface area contributed by atoms with E-state index in [1.807, 2.05) is 6.07 Å². The van der Waals surface area contributed by atoms with Gasteiger partial charge in [0.25, 0.3) is 5.91 Å². The molecule has 2 aromatic carbocycles. The highest BCUT2D eigenvalue weighted by molar-refractivity contribution is 5.95. The number of anilines is 2. The first kappa shape index (κ1) is 18.3. The minimum absolute atomic E-state index is 0.0384. The van der Waals surface area contributed by atoms with Crippen LogP contribution in [0.2, 0.25) is 0 Å². The van der Waals surface area contributed by atoms with E-state index in [-0.39, 0.29) is 25.0 Å². The van der Waals surface area contributed by atoms with Crippen molar-refractivity contribution in [3.05, 3.63) is 48.5 Å². The average Bonchev–Trinajstić information content (AvgIpc) is 2.60. The second kappa shape index (κ2) is 9.29. The summed E-state index contributed by atoms with van der Waals surface area (Å²) in [6.45, 7) is -0.204. The smallest absolute Gasteiger partial charge is 0.262 e. The molecule has 0 aliphatic rings. The van der Waals surface area contributed by atoms with Gasteiger partial charge in [-0.15, -0.1) is 0 Å². The molecule has 132 valence electrons. The predicted molar refractivity (Wildman–Crippen MR) is 94.1 cm³/mol. The summed E-state index contributed by atoms with van der Waals surface area (Å²) >= 11 is 0. The van der Waals surface area contributed by atoms with Gasteiger partial charge in [-0.2, -0.15) is 0 Å². The van der Waals surface area contributed by atoms with Crippen molar-refractivity contribution >= 4 is 23.2 Å². The lowest BCUT2D eigenvalue weighted by Gasteiger charge is -2.11. The number of carbonyl (C=O) groups excluding carboxylic acids is 2. The first-order valence-corrected chi connectivity index (χ1v) is 7.57. The van der Waals surface area contributed by atoms with Crippen LogP contribution in [-0.2, 0) is 14.3 Å². The fourth-order valence-electron chi connectivity index (χ4n) is 2.08. The van der Waals surface area contributed by atoms with Crippen molar-refractivity contribution in [2.45, 2.75) is 0 Å². The molecule has 0 atom stereocenters. The average molecular weight is 344 g/mol. The van der Waals surface area contributed by atoms with Gasteiger partial charge in [-0.1, -0.05) is 18.2 Å². The number of carbonyl (C=O) groups is 2. The zero-order chi connectivity index (χ0) is 18.1. The van der Waals surface area contributed by atoms with E-state index in [2.05, 4.69) is 10.6 Å². The van der Waals surface area contributed by atoms with E-state index in [1.54, 1.807) is 42.5 Å². The lowest BCUT2D eigenvalue weighted by Crippen LogP contribution is -2.21. The molecule has 7 heteroatoms. The Morgan fingerprint density at radius 1 is 0.840 bits per heavy atom. The molecule has 0 saturated heterocycles. The monoisotopic (exact) mass is 344 g/mol. The standard InChI is InChI=1S/C18H20N2O5/c1-23-11-17(21)19-13-6-5-7-14(10-13)20-18(22)12-25-16-9-4-3-8-15(16)24-2/h3-10H,11-12H2,1-2H3,(H,19,21)(H,20,22). The van der Waals surface area contributed by atoms with Crippen LogP contribution in [0, 0.1) is 0 Å². The van der Waals surface area contributed by atoms with Crippen molar-refractivity contribution < 1.29 is 23.8 Å². The molecule has 7 nitrogen and oxygen atoms in total. The molecule has 25 heavy (non-hydrogen) atoms. The fraction of sp³-hybridized carbons (Fsp3) is 0.222. The molecule has 2 rings (SSSR count). The van der Waals surface area contributed by atoms with Crippen molar-refractivity contribution in [1.29, 1.82) is 0 Å². The van der Waals surface area contributed by atoms with Gasteiger partial charge in [-0.05, 0) is 30.3 Å². The Bertz CT molecular complexity index is 733. The highest BCUT2D eigenvalue weighted by Gasteiger charge is 2.08. The Labute approximate surface area is 145 Å². The zero-order valence-corrected chi connectivity index (χ0v) is 14.1. The Hall–Kier alpha value is -3.06. The SMILES string of the molecule is COCC(=O)Nc1cccc(NC(=O)COc2ccccc2OC)c1. The van der Waals surface area contributed by atoms with Crippen molar-refractivity contribution in [3.8, 4) is 11.5 Å². The van der Waals surface area contributed by atoms with Crippen LogP contribution < -0.4 is 20.1 Å². The second-order valence-electron chi connectivity index (χ2n) is 5.05. The van der Waals surface area contributed by atoms with E-state index in [0.29, 0.717) is 22.9 Å². The van der Waals surface area contributed by atoms with Crippen LogP contribution in [0.15, 0.2) is 48.5 Å². The third kappa shape index (κ3) is 5.82. The summed E-state index contributed by atoms with van der Waals surface area (Å²) in [7, 11) is 2.98. The van der Waals surface area contributed by atoms with E-state index in [0.717, 1.165) is 0 Å². The minimum Gasteiger partial charge on any atom is -0.493 e. The van der Waals surface area contributed by atoms with Crippen LogP contribution in [0.3, 0.4) is 0 Å². The lowest BCUT2D eigenvalue weighted by atomic mass is 10.2. The van der Waals surface area contributed by atoms with Crippen LogP contribution in [0.4, 0.5) is 11.4 Å². The molecule has 0 fully saturated rings. The van der Waals surface area contributed by atoms with Gasteiger partial charge >= 0.3 is 0 Å². The number of rotatable bonds is 8. The van der Waals surface area contributed by atoms with Crippen LogP contribution in [0.1, 0.15) is 0 Å². The molecule has 0 heterocycles. The Morgan fingerprint density at radius 3 is 2.04 bits per heavy atom. The number of hydrogen-bond acceptors (Lipinski definition) is 5. The lowest BCUT2D eigenvalue weighted by molar-refractivity contribution is -0.119. The van der Waals surface area contributed by atoms with Gasteiger partial charge in [-0.25, -0.2) is 0 Å². The van der Waals surface area contributed by atoms with Crippen molar-refractivity contribution in [1.82, 2.24) is 0 Å². The highest BCUT2D eigenvalue weighted by Crippen LogP contribution is 2.25. The van der Waals surface area contributed by atoms with Gasteiger partial charge in [0.1, 0.15) is 6.61 Å². The summed E-state index contributed by atoms with van der Waals surface area (Å²) < 4.78 is 15.4. The molecule has 2 N–H and O–H groups in total. The van der Waals surface area contributed by atoms with Gasteiger partial charge < -0.3 is 24.8 Å². The number of methoxy groups -OCH3 is 2. The van der Waals surface area contributed by atoms with Gasteiger partial charge in [-0.3, -0.25) is 9.59 Å². The number of amides is 2. The number of hydrogen-bond donors (Lipinski definition) is 2. The topological polar surface area (TPSA) is 85.9 Å². The molecule has 0 saturated carbocycles. The molecule has 0 aromatic heterocycles. The first-order chi connectivity index (χ1) is 12.1. The van der Waals surface area contributed by atoms with Crippen LogP contribution in [0.25, 0.3) is 0 Å². The number of para-hydroxylation sites is 2. The highest BCUT2D eigenvalue weighted by atomic mass is 16.5. The molecule has 0 aliphatic carbocycles. The Morgan fingerprint density at radius 2 is 1.44 bits per heavy atom. The molecule has 0 aliphatic heterocycles. The second-order valence-corrected chi connectivity index (χ2v) is 5.05. The van der Waals surface area contributed by atoms with Crippen LogP contribution in [-0.4, -0.2) is 39.2 Å². The zero-order valence-electron chi connectivity index (χ0n) is 14.1. The minimum atomic E-state index is -0.328. The summed E-state index contributed by atoms with van der Waals surface area (Å²) in [6, 6.07) is 13.9. The largest absolute Gasteiger partial charge is 0.493 e. The molecule has 0 bridgehead atoms. The third-order valence-corrected chi connectivity index (χ3v) is 3.13. The Balaban J connectivity index is 1.91. The molecular formula is C18H20N2O5. The summed E-state index contributed by atoms with van der Waals surface area (Å²) in [6.07, 6.45) is 0. The van der Waals surface area contributed by atoms with Crippen LogP contribution >= 0.6 is 0 Å². The maximum Gasteiger partial charge on any atom is 0.262 e. The summed E-state index contributed by atoms with van der Waals surface area (Å²) in [4.78, 5) is 23.5. The van der Waals surface area contributed by atoms with E-state index < -0.39 is 0 Å². The number of ether oxygens (including phenoxy) is 3.